The second-order valence-corrected chi connectivity index (χ2v) is 5.58. The van der Waals surface area contributed by atoms with Crippen molar-refractivity contribution in [3.63, 3.8) is 0 Å². The molecule has 5 heteroatoms. The van der Waals surface area contributed by atoms with E-state index in [2.05, 4.69) is 15.9 Å². The summed E-state index contributed by atoms with van der Waals surface area (Å²) < 4.78 is 14.5. The maximum atomic E-state index is 13.7. The second kappa shape index (κ2) is 5.90. The highest BCUT2D eigenvalue weighted by atomic mass is 79.9. The third-order valence-electron chi connectivity index (χ3n) is 2.84. The van der Waals surface area contributed by atoms with Crippen LogP contribution in [-0.2, 0) is 6.42 Å². The molecular formula is C14H12BrClFNO. The fourth-order valence-electron chi connectivity index (χ4n) is 1.84. The minimum absolute atomic E-state index is 0.143. The molecule has 2 aromatic rings. The Balaban J connectivity index is 2.25. The minimum Gasteiger partial charge on any atom is -0.398 e. The first-order valence-corrected chi connectivity index (χ1v) is 6.81. The summed E-state index contributed by atoms with van der Waals surface area (Å²) in [5.41, 5.74) is 7.26. The van der Waals surface area contributed by atoms with E-state index in [1.54, 1.807) is 30.3 Å². The van der Waals surface area contributed by atoms with Crippen LogP contribution in [0.5, 0.6) is 0 Å². The molecule has 1 unspecified atom stereocenters. The molecule has 2 rings (SSSR count). The van der Waals surface area contributed by atoms with Gasteiger partial charge in [0.25, 0.3) is 0 Å². The predicted octanol–water partition coefficient (Wildman–Crippen LogP) is 4.10. The molecule has 0 saturated heterocycles. The molecular weight excluding hydrogens is 333 g/mol. The van der Waals surface area contributed by atoms with Crippen molar-refractivity contribution in [2.45, 2.75) is 12.5 Å². The summed E-state index contributed by atoms with van der Waals surface area (Å²) in [5.74, 6) is -0.430. The first-order valence-electron chi connectivity index (χ1n) is 5.64. The molecule has 0 saturated carbocycles. The maximum absolute atomic E-state index is 13.7. The number of hydrogen-bond donors (Lipinski definition) is 2. The molecule has 3 N–H and O–H groups in total. The zero-order valence-electron chi connectivity index (χ0n) is 9.91. The van der Waals surface area contributed by atoms with E-state index in [-0.39, 0.29) is 6.42 Å². The van der Waals surface area contributed by atoms with Gasteiger partial charge in [0.15, 0.2) is 0 Å². The van der Waals surface area contributed by atoms with Gasteiger partial charge in [-0.1, -0.05) is 33.6 Å². The Labute approximate surface area is 124 Å². The van der Waals surface area contributed by atoms with Gasteiger partial charge in [0, 0.05) is 27.2 Å². The van der Waals surface area contributed by atoms with Crippen molar-refractivity contribution in [1.82, 2.24) is 0 Å². The summed E-state index contributed by atoms with van der Waals surface area (Å²) in [5, 5.41) is 10.5. The Morgan fingerprint density at radius 1 is 1.26 bits per heavy atom. The fraction of sp³-hybridized carbons (Fsp3) is 0.143. The van der Waals surface area contributed by atoms with Gasteiger partial charge in [0.1, 0.15) is 5.82 Å². The van der Waals surface area contributed by atoms with E-state index in [1.807, 2.05) is 0 Å². The summed E-state index contributed by atoms with van der Waals surface area (Å²) in [6, 6.07) is 9.60. The predicted molar refractivity (Wildman–Crippen MR) is 78.6 cm³/mol. The Hall–Kier alpha value is -1.10. The first-order chi connectivity index (χ1) is 8.97. The van der Waals surface area contributed by atoms with Gasteiger partial charge >= 0.3 is 0 Å². The third kappa shape index (κ3) is 3.47. The van der Waals surface area contributed by atoms with E-state index in [0.29, 0.717) is 21.8 Å². The van der Waals surface area contributed by atoms with E-state index >= 15 is 0 Å². The molecule has 0 bridgehead atoms. The number of hydrogen-bond acceptors (Lipinski definition) is 2. The Morgan fingerprint density at radius 3 is 2.68 bits per heavy atom. The molecule has 0 aliphatic heterocycles. The number of aliphatic hydroxyl groups is 1. The third-order valence-corrected chi connectivity index (χ3v) is 3.56. The fourth-order valence-corrected chi connectivity index (χ4v) is 2.38. The topological polar surface area (TPSA) is 46.2 Å². The zero-order valence-corrected chi connectivity index (χ0v) is 12.2. The van der Waals surface area contributed by atoms with Crippen LogP contribution >= 0.6 is 27.5 Å². The summed E-state index contributed by atoms with van der Waals surface area (Å²) in [7, 11) is 0. The molecule has 0 radical (unpaired) electrons. The summed E-state index contributed by atoms with van der Waals surface area (Å²) in [6.45, 7) is 0. The molecule has 0 heterocycles. The van der Waals surface area contributed by atoms with E-state index in [0.717, 1.165) is 4.47 Å². The van der Waals surface area contributed by atoms with Crippen molar-refractivity contribution in [3.05, 3.63) is 62.8 Å². The van der Waals surface area contributed by atoms with Crippen molar-refractivity contribution in [1.29, 1.82) is 0 Å². The number of nitrogen functional groups attached to an aromatic ring is 1. The molecule has 0 amide bonds. The lowest BCUT2D eigenvalue weighted by Crippen LogP contribution is -2.06. The molecule has 2 aromatic carbocycles. The Morgan fingerprint density at radius 2 is 2.00 bits per heavy atom. The van der Waals surface area contributed by atoms with Crippen LogP contribution in [0.3, 0.4) is 0 Å². The standard InChI is InChI=1S/C14H12BrClFNO/c15-9-2-4-13(18)11(6-9)14(19)5-8-1-3-10(16)7-12(8)17/h1-4,6-7,14,19H,5,18H2. The molecule has 19 heavy (non-hydrogen) atoms. The summed E-state index contributed by atoms with van der Waals surface area (Å²) >= 11 is 9.00. The number of rotatable bonds is 3. The lowest BCUT2D eigenvalue weighted by Gasteiger charge is -2.14. The van der Waals surface area contributed by atoms with Crippen LogP contribution in [0.15, 0.2) is 40.9 Å². The summed E-state index contributed by atoms with van der Waals surface area (Å²) in [4.78, 5) is 0. The van der Waals surface area contributed by atoms with Crippen molar-refractivity contribution in [2.75, 3.05) is 5.73 Å². The highest BCUT2D eigenvalue weighted by Crippen LogP contribution is 2.28. The van der Waals surface area contributed by atoms with Crippen molar-refractivity contribution < 1.29 is 9.50 Å². The first kappa shape index (κ1) is 14.3. The molecule has 0 aromatic heterocycles. The average Bonchev–Trinajstić information content (AvgIpc) is 2.35. The van der Waals surface area contributed by atoms with Gasteiger partial charge in [-0.25, -0.2) is 4.39 Å². The van der Waals surface area contributed by atoms with Gasteiger partial charge in [-0.2, -0.15) is 0 Å². The van der Waals surface area contributed by atoms with Gasteiger partial charge in [-0.15, -0.1) is 0 Å². The molecule has 0 aliphatic carbocycles. The normalized spacial score (nSPS) is 12.4. The number of anilines is 1. The van der Waals surface area contributed by atoms with E-state index < -0.39 is 11.9 Å². The Kier molecular flexibility index (Phi) is 4.45. The van der Waals surface area contributed by atoms with Gasteiger partial charge in [-0.3, -0.25) is 0 Å². The van der Waals surface area contributed by atoms with Gasteiger partial charge in [0.2, 0.25) is 0 Å². The van der Waals surface area contributed by atoms with E-state index in [9.17, 15) is 9.50 Å². The zero-order chi connectivity index (χ0) is 14.0. The van der Waals surface area contributed by atoms with Gasteiger partial charge < -0.3 is 10.8 Å². The van der Waals surface area contributed by atoms with Crippen LogP contribution in [0.25, 0.3) is 0 Å². The molecule has 0 fully saturated rings. The lowest BCUT2D eigenvalue weighted by molar-refractivity contribution is 0.178. The highest BCUT2D eigenvalue weighted by molar-refractivity contribution is 9.10. The van der Waals surface area contributed by atoms with Crippen molar-refractivity contribution in [3.8, 4) is 0 Å². The van der Waals surface area contributed by atoms with Crippen LogP contribution < -0.4 is 5.73 Å². The van der Waals surface area contributed by atoms with Crippen LogP contribution in [0.2, 0.25) is 5.02 Å². The second-order valence-electron chi connectivity index (χ2n) is 4.23. The van der Waals surface area contributed by atoms with E-state index in [1.165, 1.54) is 6.07 Å². The Bertz CT molecular complexity index is 606. The van der Waals surface area contributed by atoms with Gasteiger partial charge in [0.05, 0.1) is 6.10 Å². The number of halogens is 3. The van der Waals surface area contributed by atoms with Crippen molar-refractivity contribution >= 4 is 33.2 Å². The largest absolute Gasteiger partial charge is 0.398 e. The highest BCUT2D eigenvalue weighted by Gasteiger charge is 2.14. The number of benzene rings is 2. The molecule has 1 atom stereocenters. The molecule has 100 valence electrons. The number of aliphatic hydroxyl groups excluding tert-OH is 1. The number of nitrogens with two attached hydrogens (primary N) is 1. The van der Waals surface area contributed by atoms with Crippen LogP contribution in [-0.4, -0.2) is 5.11 Å². The smallest absolute Gasteiger partial charge is 0.127 e. The van der Waals surface area contributed by atoms with Crippen LogP contribution in [0, 0.1) is 5.82 Å². The monoisotopic (exact) mass is 343 g/mol. The molecule has 0 aliphatic rings. The van der Waals surface area contributed by atoms with Crippen molar-refractivity contribution in [2.24, 2.45) is 0 Å². The quantitative estimate of drug-likeness (QED) is 0.824. The lowest BCUT2D eigenvalue weighted by atomic mass is 10.00. The van der Waals surface area contributed by atoms with Crippen LogP contribution in [0.4, 0.5) is 10.1 Å². The minimum atomic E-state index is -0.867. The average molecular weight is 345 g/mol. The summed E-state index contributed by atoms with van der Waals surface area (Å²) in [6.07, 6.45) is -0.725. The van der Waals surface area contributed by atoms with Gasteiger partial charge in [-0.05, 0) is 35.9 Å². The molecule has 2 nitrogen and oxygen atoms in total. The van der Waals surface area contributed by atoms with E-state index in [4.69, 9.17) is 17.3 Å². The SMILES string of the molecule is Nc1ccc(Br)cc1C(O)Cc1ccc(Cl)cc1F. The van der Waals surface area contributed by atoms with Crippen LogP contribution in [0.1, 0.15) is 17.2 Å². The molecule has 0 spiro atoms. The maximum Gasteiger partial charge on any atom is 0.127 e.